The number of aliphatic hydroxyl groups is 1. The summed E-state index contributed by atoms with van der Waals surface area (Å²) >= 11 is 0. The van der Waals surface area contributed by atoms with Crippen molar-refractivity contribution >= 4 is 5.78 Å². The van der Waals surface area contributed by atoms with Gasteiger partial charge in [0.1, 0.15) is 0 Å². The Labute approximate surface area is 91.7 Å². The average Bonchev–Trinajstić information content (AvgIpc) is 2.25. The Morgan fingerprint density at radius 3 is 3.00 bits per heavy atom. The van der Waals surface area contributed by atoms with Crippen molar-refractivity contribution in [1.29, 1.82) is 0 Å². The van der Waals surface area contributed by atoms with E-state index in [2.05, 4.69) is 19.1 Å². The highest BCUT2D eigenvalue weighted by Gasteiger charge is 2.19. The molecule has 1 N–H and O–H groups in total. The summed E-state index contributed by atoms with van der Waals surface area (Å²) in [6.45, 7) is 2.08. The van der Waals surface area contributed by atoms with Crippen molar-refractivity contribution in [2.45, 2.75) is 51.6 Å². The first-order chi connectivity index (χ1) is 7.25. The van der Waals surface area contributed by atoms with E-state index in [9.17, 15) is 9.90 Å². The summed E-state index contributed by atoms with van der Waals surface area (Å²) in [4.78, 5) is 11.5. The molecule has 0 bridgehead atoms. The smallest absolute Gasteiger partial charge is 0.161 e. The number of Topliss-reactive ketones (excluding diaryl/α,β-unsaturated/α-hetero) is 1. The van der Waals surface area contributed by atoms with Gasteiger partial charge in [0.05, 0.1) is 6.10 Å². The third-order valence-corrected chi connectivity index (χ3v) is 2.66. The molecular formula is C13H20O2. The van der Waals surface area contributed by atoms with Crippen LogP contribution in [0.2, 0.25) is 0 Å². The predicted octanol–water partition coefficient (Wildman–Crippen LogP) is 2.77. The van der Waals surface area contributed by atoms with Crippen LogP contribution in [-0.2, 0) is 4.79 Å². The zero-order valence-electron chi connectivity index (χ0n) is 9.41. The normalized spacial score (nSPS) is 19.3. The fourth-order valence-electron chi connectivity index (χ4n) is 1.79. The molecule has 0 aromatic heterocycles. The summed E-state index contributed by atoms with van der Waals surface area (Å²) in [6, 6.07) is 0. The summed E-state index contributed by atoms with van der Waals surface area (Å²) in [6.07, 6.45) is 10.5. The first-order valence-corrected chi connectivity index (χ1v) is 5.82. The van der Waals surface area contributed by atoms with Gasteiger partial charge in [0.15, 0.2) is 5.78 Å². The number of carbonyl (C=O) groups excluding carboxylic acids is 1. The number of allylic oxidation sites excluding steroid dienone is 3. The lowest BCUT2D eigenvalue weighted by molar-refractivity contribution is -0.117. The van der Waals surface area contributed by atoms with Gasteiger partial charge in [-0.1, -0.05) is 25.2 Å². The van der Waals surface area contributed by atoms with Crippen LogP contribution < -0.4 is 0 Å². The second kappa shape index (κ2) is 6.57. The van der Waals surface area contributed by atoms with Gasteiger partial charge in [0, 0.05) is 12.0 Å². The van der Waals surface area contributed by atoms with Crippen LogP contribution >= 0.6 is 0 Å². The molecule has 0 aromatic carbocycles. The van der Waals surface area contributed by atoms with Gasteiger partial charge in [-0.3, -0.25) is 4.79 Å². The second-order valence-corrected chi connectivity index (χ2v) is 3.95. The van der Waals surface area contributed by atoms with Crippen molar-refractivity contribution in [1.82, 2.24) is 0 Å². The quantitative estimate of drug-likeness (QED) is 0.705. The summed E-state index contributed by atoms with van der Waals surface area (Å²) < 4.78 is 0. The summed E-state index contributed by atoms with van der Waals surface area (Å²) in [7, 11) is 0. The maximum Gasteiger partial charge on any atom is 0.161 e. The van der Waals surface area contributed by atoms with E-state index in [4.69, 9.17) is 0 Å². The molecule has 2 nitrogen and oxygen atoms in total. The number of rotatable bonds is 5. The third-order valence-electron chi connectivity index (χ3n) is 2.66. The van der Waals surface area contributed by atoms with Gasteiger partial charge in [-0.15, -0.1) is 0 Å². The monoisotopic (exact) mass is 208 g/mol. The standard InChI is InChI=1S/C13H20O2/c1-2-3-4-5-9-12(14)11-8-6-7-10-13(11)15/h3-4,8,12,14H,2,5-7,9-10H2,1H3/b4-3-/t12-/m0/s1. The van der Waals surface area contributed by atoms with Gasteiger partial charge in [0.25, 0.3) is 0 Å². The molecule has 0 radical (unpaired) electrons. The Morgan fingerprint density at radius 2 is 2.33 bits per heavy atom. The molecule has 1 atom stereocenters. The van der Waals surface area contributed by atoms with Crippen LogP contribution in [0.25, 0.3) is 0 Å². The second-order valence-electron chi connectivity index (χ2n) is 3.95. The van der Waals surface area contributed by atoms with Crippen LogP contribution in [0.1, 0.15) is 45.4 Å². The fourth-order valence-corrected chi connectivity index (χ4v) is 1.79. The molecule has 0 fully saturated rings. The molecule has 1 rings (SSSR count). The topological polar surface area (TPSA) is 37.3 Å². The lowest BCUT2D eigenvalue weighted by atomic mass is 9.92. The molecule has 84 valence electrons. The van der Waals surface area contributed by atoms with Gasteiger partial charge in [-0.05, 0) is 32.1 Å². The van der Waals surface area contributed by atoms with Gasteiger partial charge < -0.3 is 5.11 Å². The Kier molecular flexibility index (Phi) is 5.33. The third kappa shape index (κ3) is 4.00. The van der Waals surface area contributed by atoms with E-state index in [1.165, 1.54) is 0 Å². The van der Waals surface area contributed by atoms with Gasteiger partial charge in [-0.2, -0.15) is 0 Å². The van der Waals surface area contributed by atoms with E-state index in [0.717, 1.165) is 25.7 Å². The molecule has 0 amide bonds. The molecule has 0 heterocycles. The van der Waals surface area contributed by atoms with E-state index < -0.39 is 6.10 Å². The SMILES string of the molecule is CC/C=C\CC[C@H](O)C1=CCCCC1=O. The van der Waals surface area contributed by atoms with Crippen molar-refractivity contribution in [2.75, 3.05) is 0 Å². The van der Waals surface area contributed by atoms with Gasteiger partial charge in [-0.25, -0.2) is 0 Å². The van der Waals surface area contributed by atoms with Crippen LogP contribution in [0.3, 0.4) is 0 Å². The number of hydrogen-bond acceptors (Lipinski definition) is 2. The molecular weight excluding hydrogens is 188 g/mol. The average molecular weight is 208 g/mol. The van der Waals surface area contributed by atoms with Crippen LogP contribution in [0.4, 0.5) is 0 Å². The van der Waals surface area contributed by atoms with Crippen LogP contribution in [0.15, 0.2) is 23.8 Å². The van der Waals surface area contributed by atoms with Crippen molar-refractivity contribution in [2.24, 2.45) is 0 Å². The highest BCUT2D eigenvalue weighted by molar-refractivity contribution is 5.96. The number of aliphatic hydroxyl groups excluding tert-OH is 1. The van der Waals surface area contributed by atoms with Crippen molar-refractivity contribution < 1.29 is 9.90 Å². The van der Waals surface area contributed by atoms with Crippen molar-refractivity contribution in [3.05, 3.63) is 23.8 Å². The van der Waals surface area contributed by atoms with Crippen molar-refractivity contribution in [3.63, 3.8) is 0 Å². The zero-order chi connectivity index (χ0) is 11.1. The summed E-state index contributed by atoms with van der Waals surface area (Å²) in [5.74, 6) is 0.133. The van der Waals surface area contributed by atoms with Crippen LogP contribution in [-0.4, -0.2) is 17.0 Å². The van der Waals surface area contributed by atoms with E-state index >= 15 is 0 Å². The molecule has 15 heavy (non-hydrogen) atoms. The maximum atomic E-state index is 11.5. The van der Waals surface area contributed by atoms with Gasteiger partial charge >= 0.3 is 0 Å². The van der Waals surface area contributed by atoms with Crippen molar-refractivity contribution in [3.8, 4) is 0 Å². The van der Waals surface area contributed by atoms with E-state index in [-0.39, 0.29) is 5.78 Å². The largest absolute Gasteiger partial charge is 0.388 e. The summed E-state index contributed by atoms with van der Waals surface area (Å²) in [5, 5.41) is 9.82. The maximum absolute atomic E-state index is 11.5. The fraction of sp³-hybridized carbons (Fsp3) is 0.615. The van der Waals surface area contributed by atoms with E-state index in [1.807, 2.05) is 6.08 Å². The summed E-state index contributed by atoms with van der Waals surface area (Å²) in [5.41, 5.74) is 0.645. The molecule has 0 unspecified atom stereocenters. The molecule has 0 saturated carbocycles. The zero-order valence-corrected chi connectivity index (χ0v) is 9.41. The minimum atomic E-state index is -0.556. The molecule has 0 spiro atoms. The van der Waals surface area contributed by atoms with Crippen LogP contribution in [0.5, 0.6) is 0 Å². The van der Waals surface area contributed by atoms with Gasteiger partial charge in [0.2, 0.25) is 0 Å². The van der Waals surface area contributed by atoms with E-state index in [0.29, 0.717) is 18.4 Å². The Hall–Kier alpha value is -0.890. The first kappa shape index (κ1) is 12.2. The number of ketones is 1. The minimum absolute atomic E-state index is 0.133. The van der Waals surface area contributed by atoms with Crippen LogP contribution in [0, 0.1) is 0 Å². The molecule has 0 aliphatic heterocycles. The highest BCUT2D eigenvalue weighted by atomic mass is 16.3. The molecule has 2 heteroatoms. The Balaban J connectivity index is 2.38. The lowest BCUT2D eigenvalue weighted by Gasteiger charge is -2.16. The predicted molar refractivity (Wildman–Crippen MR) is 61.6 cm³/mol. The molecule has 1 aliphatic rings. The lowest BCUT2D eigenvalue weighted by Crippen LogP contribution is -2.20. The molecule has 1 aliphatic carbocycles. The van der Waals surface area contributed by atoms with E-state index in [1.54, 1.807) is 0 Å². The minimum Gasteiger partial charge on any atom is -0.388 e. The highest BCUT2D eigenvalue weighted by Crippen LogP contribution is 2.19. The Bertz CT molecular complexity index is 264. The molecule has 0 saturated heterocycles. The number of hydrogen-bond donors (Lipinski definition) is 1. The first-order valence-electron chi connectivity index (χ1n) is 5.82. The number of carbonyl (C=O) groups is 1. The Morgan fingerprint density at radius 1 is 1.53 bits per heavy atom. The molecule has 0 aromatic rings.